The van der Waals surface area contributed by atoms with Crippen LogP contribution in [-0.2, 0) is 11.2 Å². The van der Waals surface area contributed by atoms with Crippen molar-refractivity contribution in [3.05, 3.63) is 48.0 Å². The number of hydrogen-bond acceptors (Lipinski definition) is 4. The summed E-state index contributed by atoms with van der Waals surface area (Å²) in [5, 5.41) is 10.8. The molecule has 2 N–H and O–H groups in total. The van der Waals surface area contributed by atoms with Crippen molar-refractivity contribution in [2.24, 2.45) is 5.92 Å². The van der Waals surface area contributed by atoms with Gasteiger partial charge in [0.1, 0.15) is 5.82 Å². The van der Waals surface area contributed by atoms with E-state index in [0.29, 0.717) is 31.1 Å². The quantitative estimate of drug-likeness (QED) is 0.665. The Hall–Kier alpha value is -3.15. The van der Waals surface area contributed by atoms with Crippen LogP contribution in [0.15, 0.2) is 42.5 Å². The molecule has 0 unspecified atom stereocenters. The number of methoxy groups -OCH3 is 1. The summed E-state index contributed by atoms with van der Waals surface area (Å²) < 4.78 is 11.3. The van der Waals surface area contributed by atoms with E-state index in [2.05, 4.69) is 11.9 Å². The Morgan fingerprint density at radius 3 is 2.82 bits per heavy atom. The van der Waals surface area contributed by atoms with E-state index in [-0.39, 0.29) is 0 Å². The highest BCUT2D eigenvalue weighted by molar-refractivity contribution is 5.92. The standard InChI is InChI=1S/C22H24N2O4/c1-3-10-28-19-9-8-15(12-20(19)27-2)24-13-14(22(25)26)11-17-16-6-4-5-7-18(16)23-21(17)24/h4-9,12,14,23H,3,10-11,13H2,1-2H3,(H,25,26)/t14-/m0/s1. The van der Waals surface area contributed by atoms with Gasteiger partial charge in [0.05, 0.1) is 19.6 Å². The smallest absolute Gasteiger partial charge is 0.308 e. The van der Waals surface area contributed by atoms with Gasteiger partial charge in [0.25, 0.3) is 0 Å². The zero-order valence-corrected chi connectivity index (χ0v) is 16.1. The molecule has 0 spiro atoms. The molecule has 0 amide bonds. The lowest BCUT2D eigenvalue weighted by molar-refractivity contribution is -0.141. The number of benzene rings is 2. The van der Waals surface area contributed by atoms with Crippen LogP contribution < -0.4 is 14.4 Å². The van der Waals surface area contributed by atoms with Gasteiger partial charge in [-0.3, -0.25) is 4.79 Å². The molecule has 0 radical (unpaired) electrons. The van der Waals surface area contributed by atoms with Gasteiger partial charge in [-0.2, -0.15) is 0 Å². The van der Waals surface area contributed by atoms with Crippen LogP contribution in [0.1, 0.15) is 18.9 Å². The maximum absolute atomic E-state index is 11.8. The Morgan fingerprint density at radius 1 is 1.25 bits per heavy atom. The molecule has 6 nitrogen and oxygen atoms in total. The van der Waals surface area contributed by atoms with E-state index in [1.165, 1.54) is 0 Å². The number of fused-ring (bicyclic) bond motifs is 3. The second-order valence-corrected chi connectivity index (χ2v) is 7.03. The number of nitrogens with zero attached hydrogens (tertiary/aromatic N) is 1. The van der Waals surface area contributed by atoms with Crippen LogP contribution in [0.3, 0.4) is 0 Å². The summed E-state index contributed by atoms with van der Waals surface area (Å²) >= 11 is 0. The second-order valence-electron chi connectivity index (χ2n) is 7.03. The number of ether oxygens (including phenoxy) is 2. The van der Waals surface area contributed by atoms with Crippen molar-refractivity contribution >= 4 is 28.4 Å². The molecule has 0 fully saturated rings. The van der Waals surface area contributed by atoms with Gasteiger partial charge in [-0.25, -0.2) is 0 Å². The number of hydrogen-bond donors (Lipinski definition) is 2. The molecule has 0 saturated carbocycles. The molecular formula is C22H24N2O4. The molecule has 1 aliphatic heterocycles. The number of aromatic nitrogens is 1. The number of carboxylic acid groups (broad SMARTS) is 1. The summed E-state index contributed by atoms with van der Waals surface area (Å²) in [6, 6.07) is 13.8. The average Bonchev–Trinajstić information content (AvgIpc) is 3.10. The largest absolute Gasteiger partial charge is 0.493 e. The second kappa shape index (κ2) is 7.46. The van der Waals surface area contributed by atoms with Crippen LogP contribution in [0.2, 0.25) is 0 Å². The Bertz CT molecular complexity index is 1010. The maximum atomic E-state index is 11.8. The fraction of sp³-hybridized carbons (Fsp3) is 0.318. The fourth-order valence-corrected chi connectivity index (χ4v) is 3.80. The number of aliphatic carboxylic acids is 1. The minimum atomic E-state index is -0.782. The normalized spacial score (nSPS) is 16.1. The molecule has 4 rings (SSSR count). The first kappa shape index (κ1) is 18.2. The van der Waals surface area contributed by atoms with E-state index in [4.69, 9.17) is 9.47 Å². The Balaban J connectivity index is 1.79. The van der Waals surface area contributed by atoms with Gasteiger partial charge in [0, 0.05) is 34.8 Å². The SMILES string of the molecule is CCCOc1ccc(N2C[C@@H](C(=O)O)Cc3c2[nH]c2ccccc32)cc1OC. The van der Waals surface area contributed by atoms with E-state index in [1.807, 2.05) is 47.4 Å². The van der Waals surface area contributed by atoms with Crippen molar-refractivity contribution < 1.29 is 19.4 Å². The van der Waals surface area contributed by atoms with Gasteiger partial charge in [-0.05, 0) is 31.0 Å². The van der Waals surface area contributed by atoms with Gasteiger partial charge >= 0.3 is 5.97 Å². The fourth-order valence-electron chi connectivity index (χ4n) is 3.80. The summed E-state index contributed by atoms with van der Waals surface area (Å²) in [7, 11) is 1.61. The number of aromatic amines is 1. The first-order valence-electron chi connectivity index (χ1n) is 9.53. The van der Waals surface area contributed by atoms with E-state index in [0.717, 1.165) is 34.4 Å². The minimum Gasteiger partial charge on any atom is -0.493 e. The monoisotopic (exact) mass is 380 g/mol. The molecule has 0 aliphatic carbocycles. The number of H-pyrrole nitrogens is 1. The van der Waals surface area contributed by atoms with E-state index >= 15 is 0 Å². The van der Waals surface area contributed by atoms with Crippen molar-refractivity contribution in [1.82, 2.24) is 4.98 Å². The van der Waals surface area contributed by atoms with E-state index in [9.17, 15) is 9.90 Å². The average molecular weight is 380 g/mol. The van der Waals surface area contributed by atoms with E-state index in [1.54, 1.807) is 7.11 Å². The topological polar surface area (TPSA) is 74.8 Å². The molecule has 2 heterocycles. The number of rotatable bonds is 6. The van der Waals surface area contributed by atoms with Crippen LogP contribution in [0.25, 0.3) is 10.9 Å². The predicted molar refractivity (Wildman–Crippen MR) is 109 cm³/mol. The molecule has 1 atom stereocenters. The molecule has 146 valence electrons. The van der Waals surface area contributed by atoms with Crippen LogP contribution in [0.4, 0.5) is 11.5 Å². The summed E-state index contributed by atoms with van der Waals surface area (Å²) in [5.41, 5.74) is 2.93. The van der Waals surface area contributed by atoms with Gasteiger partial charge in [0.2, 0.25) is 0 Å². The number of para-hydroxylation sites is 1. The zero-order chi connectivity index (χ0) is 19.7. The first-order chi connectivity index (χ1) is 13.6. The lowest BCUT2D eigenvalue weighted by Gasteiger charge is -2.32. The number of anilines is 2. The summed E-state index contributed by atoms with van der Waals surface area (Å²) in [6.45, 7) is 3.07. The van der Waals surface area contributed by atoms with Crippen LogP contribution >= 0.6 is 0 Å². The highest BCUT2D eigenvalue weighted by atomic mass is 16.5. The Kier molecular flexibility index (Phi) is 4.86. The molecule has 6 heteroatoms. The molecule has 0 saturated heterocycles. The minimum absolute atomic E-state index is 0.396. The van der Waals surface area contributed by atoms with Crippen molar-refractivity contribution in [1.29, 1.82) is 0 Å². The molecule has 28 heavy (non-hydrogen) atoms. The van der Waals surface area contributed by atoms with Gasteiger partial charge in [0.15, 0.2) is 11.5 Å². The Labute approximate surface area is 163 Å². The molecular weight excluding hydrogens is 356 g/mol. The van der Waals surface area contributed by atoms with Crippen molar-refractivity contribution in [2.45, 2.75) is 19.8 Å². The van der Waals surface area contributed by atoms with Crippen LogP contribution in [0, 0.1) is 5.92 Å². The lowest BCUT2D eigenvalue weighted by atomic mass is 9.93. The number of carbonyl (C=O) groups is 1. The van der Waals surface area contributed by atoms with Crippen molar-refractivity contribution in [2.75, 3.05) is 25.2 Å². The van der Waals surface area contributed by atoms with E-state index < -0.39 is 11.9 Å². The summed E-state index contributed by atoms with van der Waals surface area (Å²) in [4.78, 5) is 17.3. The van der Waals surface area contributed by atoms with Gasteiger partial charge < -0.3 is 24.5 Å². The van der Waals surface area contributed by atoms with Crippen molar-refractivity contribution in [3.8, 4) is 11.5 Å². The highest BCUT2D eigenvalue weighted by Gasteiger charge is 2.33. The highest BCUT2D eigenvalue weighted by Crippen LogP contribution is 2.41. The zero-order valence-electron chi connectivity index (χ0n) is 16.1. The molecule has 2 aromatic carbocycles. The lowest BCUT2D eigenvalue weighted by Crippen LogP contribution is -2.36. The van der Waals surface area contributed by atoms with Crippen LogP contribution in [0.5, 0.6) is 11.5 Å². The van der Waals surface area contributed by atoms with Gasteiger partial charge in [-0.15, -0.1) is 0 Å². The number of nitrogens with one attached hydrogen (secondary N) is 1. The first-order valence-corrected chi connectivity index (χ1v) is 9.53. The molecule has 1 aliphatic rings. The third kappa shape index (κ3) is 3.15. The predicted octanol–water partition coefficient (Wildman–Crippen LogP) is 4.36. The molecule has 3 aromatic rings. The maximum Gasteiger partial charge on any atom is 0.308 e. The third-order valence-corrected chi connectivity index (χ3v) is 5.18. The molecule has 1 aromatic heterocycles. The van der Waals surface area contributed by atoms with Gasteiger partial charge in [-0.1, -0.05) is 25.1 Å². The summed E-state index contributed by atoms with van der Waals surface area (Å²) in [5.74, 6) is 1.02. The Morgan fingerprint density at radius 2 is 2.07 bits per heavy atom. The van der Waals surface area contributed by atoms with Crippen molar-refractivity contribution in [3.63, 3.8) is 0 Å². The van der Waals surface area contributed by atoms with Crippen LogP contribution in [-0.4, -0.2) is 36.3 Å². The number of carboxylic acids is 1. The molecule has 0 bridgehead atoms. The summed E-state index contributed by atoms with van der Waals surface area (Å²) in [6.07, 6.45) is 1.43. The third-order valence-electron chi connectivity index (χ3n) is 5.18.